The van der Waals surface area contributed by atoms with E-state index in [1.54, 1.807) is 13.0 Å². The standard InChI is InChI=1S/C12H13NO5/c1-7-9-6-8(11(14)15)2-3-10(9)18-5-4-13(7)12(16)17/h2-3,6-7H,4-5H2,1H3,(H,14,15)(H,16,17)/t7-/m1/s1. The molecule has 1 aromatic carbocycles. The Morgan fingerprint density at radius 1 is 1.39 bits per heavy atom. The lowest BCUT2D eigenvalue weighted by Crippen LogP contribution is -2.33. The summed E-state index contributed by atoms with van der Waals surface area (Å²) >= 11 is 0. The van der Waals surface area contributed by atoms with Crippen LogP contribution in [0.1, 0.15) is 28.9 Å². The van der Waals surface area contributed by atoms with Crippen molar-refractivity contribution in [3.8, 4) is 5.75 Å². The third-order valence-corrected chi connectivity index (χ3v) is 3.01. The number of carbonyl (C=O) groups is 2. The van der Waals surface area contributed by atoms with Crippen LogP contribution in [0.25, 0.3) is 0 Å². The van der Waals surface area contributed by atoms with Crippen LogP contribution in [0.15, 0.2) is 18.2 Å². The van der Waals surface area contributed by atoms with Crippen LogP contribution in [-0.2, 0) is 0 Å². The first-order valence-electron chi connectivity index (χ1n) is 5.50. The first-order valence-corrected chi connectivity index (χ1v) is 5.50. The topological polar surface area (TPSA) is 87.1 Å². The van der Waals surface area contributed by atoms with Crippen molar-refractivity contribution >= 4 is 12.1 Å². The summed E-state index contributed by atoms with van der Waals surface area (Å²) in [7, 11) is 0. The fourth-order valence-corrected chi connectivity index (χ4v) is 2.02. The van der Waals surface area contributed by atoms with Gasteiger partial charge >= 0.3 is 12.1 Å². The highest BCUT2D eigenvalue weighted by Gasteiger charge is 2.27. The van der Waals surface area contributed by atoms with Crippen molar-refractivity contribution in [3.63, 3.8) is 0 Å². The van der Waals surface area contributed by atoms with Crippen LogP contribution in [-0.4, -0.2) is 40.3 Å². The monoisotopic (exact) mass is 251 g/mol. The Bertz CT molecular complexity index is 499. The minimum absolute atomic E-state index is 0.122. The van der Waals surface area contributed by atoms with Gasteiger partial charge in [0.05, 0.1) is 18.2 Å². The summed E-state index contributed by atoms with van der Waals surface area (Å²) in [5.74, 6) is -0.507. The predicted molar refractivity (Wildman–Crippen MR) is 62.0 cm³/mol. The Balaban J connectivity index is 2.46. The maximum atomic E-state index is 11.1. The highest BCUT2D eigenvalue weighted by Crippen LogP contribution is 2.32. The van der Waals surface area contributed by atoms with E-state index in [-0.39, 0.29) is 18.7 Å². The summed E-state index contributed by atoms with van der Waals surface area (Å²) in [5, 5.41) is 18.0. The Labute approximate surface area is 103 Å². The second kappa shape index (κ2) is 4.56. The van der Waals surface area contributed by atoms with E-state index in [0.29, 0.717) is 11.3 Å². The molecule has 96 valence electrons. The molecule has 18 heavy (non-hydrogen) atoms. The van der Waals surface area contributed by atoms with Gasteiger partial charge in [0.25, 0.3) is 0 Å². The fourth-order valence-electron chi connectivity index (χ4n) is 2.02. The molecule has 1 amide bonds. The molecule has 0 saturated carbocycles. The van der Waals surface area contributed by atoms with Gasteiger partial charge in [-0.15, -0.1) is 0 Å². The van der Waals surface area contributed by atoms with Crippen LogP contribution < -0.4 is 4.74 Å². The summed E-state index contributed by atoms with van der Waals surface area (Å²) in [5.41, 5.74) is 0.700. The summed E-state index contributed by atoms with van der Waals surface area (Å²) in [6, 6.07) is 4.05. The number of fused-ring (bicyclic) bond motifs is 1. The number of aromatic carboxylic acids is 1. The van der Waals surface area contributed by atoms with Gasteiger partial charge in [0.2, 0.25) is 0 Å². The van der Waals surface area contributed by atoms with E-state index in [4.69, 9.17) is 14.9 Å². The molecule has 0 saturated heterocycles. The SMILES string of the molecule is C[C@@H]1c2cc(C(=O)O)ccc2OCCN1C(=O)O. The van der Waals surface area contributed by atoms with E-state index in [2.05, 4.69) is 0 Å². The van der Waals surface area contributed by atoms with E-state index in [0.717, 1.165) is 0 Å². The number of nitrogens with zero attached hydrogens (tertiary/aromatic N) is 1. The molecule has 0 bridgehead atoms. The zero-order valence-electron chi connectivity index (χ0n) is 9.79. The maximum absolute atomic E-state index is 11.1. The summed E-state index contributed by atoms with van der Waals surface area (Å²) in [6.45, 7) is 2.23. The first kappa shape index (κ1) is 12.2. The molecule has 1 aromatic rings. The van der Waals surface area contributed by atoms with E-state index in [1.165, 1.54) is 17.0 Å². The van der Waals surface area contributed by atoms with E-state index < -0.39 is 18.1 Å². The third-order valence-electron chi connectivity index (χ3n) is 3.01. The lowest BCUT2D eigenvalue weighted by atomic mass is 10.0. The van der Waals surface area contributed by atoms with Gasteiger partial charge < -0.3 is 14.9 Å². The van der Waals surface area contributed by atoms with E-state index in [1.807, 2.05) is 0 Å². The molecule has 0 radical (unpaired) electrons. The van der Waals surface area contributed by atoms with Crippen molar-refractivity contribution < 1.29 is 24.5 Å². The van der Waals surface area contributed by atoms with Crippen molar-refractivity contribution in [1.29, 1.82) is 0 Å². The van der Waals surface area contributed by atoms with Crippen LogP contribution >= 0.6 is 0 Å². The molecule has 2 rings (SSSR count). The van der Waals surface area contributed by atoms with Gasteiger partial charge in [0, 0.05) is 5.56 Å². The van der Waals surface area contributed by atoms with Gasteiger partial charge in [-0.25, -0.2) is 9.59 Å². The molecule has 1 aliphatic heterocycles. The highest BCUT2D eigenvalue weighted by atomic mass is 16.5. The van der Waals surface area contributed by atoms with Crippen LogP contribution in [0, 0.1) is 0 Å². The number of carboxylic acid groups (broad SMARTS) is 2. The minimum atomic E-state index is -1.05. The fraction of sp³-hybridized carbons (Fsp3) is 0.333. The van der Waals surface area contributed by atoms with Gasteiger partial charge in [0.15, 0.2) is 0 Å². The Morgan fingerprint density at radius 2 is 2.11 bits per heavy atom. The quantitative estimate of drug-likeness (QED) is 0.794. The zero-order valence-corrected chi connectivity index (χ0v) is 9.79. The Hall–Kier alpha value is -2.24. The van der Waals surface area contributed by atoms with E-state index >= 15 is 0 Å². The average Bonchev–Trinajstić information content (AvgIpc) is 2.48. The van der Waals surface area contributed by atoms with Crippen molar-refractivity contribution in [1.82, 2.24) is 4.90 Å². The Morgan fingerprint density at radius 3 is 2.72 bits per heavy atom. The molecular weight excluding hydrogens is 238 g/mol. The van der Waals surface area contributed by atoms with Crippen molar-refractivity contribution in [2.75, 3.05) is 13.2 Å². The van der Waals surface area contributed by atoms with Crippen molar-refractivity contribution in [3.05, 3.63) is 29.3 Å². The highest BCUT2D eigenvalue weighted by molar-refractivity contribution is 5.88. The number of amides is 1. The van der Waals surface area contributed by atoms with E-state index in [9.17, 15) is 9.59 Å². The number of rotatable bonds is 1. The predicted octanol–water partition coefficient (Wildman–Crippen LogP) is 1.82. The number of hydrogen-bond acceptors (Lipinski definition) is 3. The number of carboxylic acids is 1. The van der Waals surface area contributed by atoms with Crippen molar-refractivity contribution in [2.45, 2.75) is 13.0 Å². The van der Waals surface area contributed by atoms with Crippen molar-refractivity contribution in [2.24, 2.45) is 0 Å². The van der Waals surface area contributed by atoms with Crippen LogP contribution in [0.4, 0.5) is 4.79 Å². The van der Waals surface area contributed by atoms with Gasteiger partial charge in [-0.1, -0.05) is 0 Å². The normalized spacial score (nSPS) is 18.5. The molecule has 6 heteroatoms. The molecule has 0 aliphatic carbocycles. The number of benzene rings is 1. The van der Waals surface area contributed by atoms with Crippen LogP contribution in [0.5, 0.6) is 5.75 Å². The molecule has 1 atom stereocenters. The van der Waals surface area contributed by atoms with Gasteiger partial charge in [-0.05, 0) is 25.1 Å². The largest absolute Gasteiger partial charge is 0.491 e. The summed E-state index contributed by atoms with van der Waals surface area (Å²) in [6.07, 6.45) is -1.04. The van der Waals surface area contributed by atoms with Gasteiger partial charge in [-0.3, -0.25) is 4.90 Å². The average molecular weight is 251 g/mol. The summed E-state index contributed by atoms with van der Waals surface area (Å²) < 4.78 is 5.44. The molecule has 0 spiro atoms. The second-order valence-corrected chi connectivity index (χ2v) is 4.06. The molecule has 1 heterocycles. The molecule has 0 unspecified atom stereocenters. The van der Waals surface area contributed by atoms with Gasteiger partial charge in [-0.2, -0.15) is 0 Å². The first-order chi connectivity index (χ1) is 8.50. The molecule has 1 aliphatic rings. The lowest BCUT2D eigenvalue weighted by molar-refractivity contribution is 0.0696. The molecule has 6 nitrogen and oxygen atoms in total. The zero-order chi connectivity index (χ0) is 13.3. The molecule has 2 N–H and O–H groups in total. The summed E-state index contributed by atoms with van der Waals surface area (Å²) in [4.78, 5) is 23.3. The minimum Gasteiger partial charge on any atom is -0.491 e. The van der Waals surface area contributed by atoms with Gasteiger partial charge in [0.1, 0.15) is 12.4 Å². The number of ether oxygens (including phenoxy) is 1. The molecule has 0 fully saturated rings. The maximum Gasteiger partial charge on any atom is 0.407 e. The molecular formula is C12H13NO5. The smallest absolute Gasteiger partial charge is 0.407 e. The second-order valence-electron chi connectivity index (χ2n) is 4.06. The Kier molecular flexibility index (Phi) is 3.10. The van der Waals surface area contributed by atoms with Crippen LogP contribution in [0.2, 0.25) is 0 Å². The third kappa shape index (κ3) is 2.09. The molecule has 0 aromatic heterocycles. The lowest BCUT2D eigenvalue weighted by Gasteiger charge is -2.23. The number of hydrogen-bond donors (Lipinski definition) is 2. The van der Waals surface area contributed by atoms with Crippen LogP contribution in [0.3, 0.4) is 0 Å².